The van der Waals surface area contributed by atoms with Crippen molar-refractivity contribution in [1.82, 2.24) is 9.80 Å². The van der Waals surface area contributed by atoms with Crippen LogP contribution < -0.4 is 0 Å². The zero-order valence-electron chi connectivity index (χ0n) is 19.2. The lowest BCUT2D eigenvalue weighted by atomic mass is 10.2. The van der Waals surface area contributed by atoms with Crippen molar-refractivity contribution in [2.24, 2.45) is 4.99 Å². The maximum absolute atomic E-state index is 13.0. The number of ether oxygens (including phenoxy) is 2. The molecule has 1 N–H and O–H groups in total. The van der Waals surface area contributed by atoms with E-state index in [4.69, 9.17) is 9.47 Å². The molecule has 9 nitrogen and oxygen atoms in total. The highest BCUT2D eigenvalue weighted by molar-refractivity contribution is 9.09. The van der Waals surface area contributed by atoms with Crippen molar-refractivity contribution >= 4 is 56.1 Å². The Balaban J connectivity index is 6.23. The summed E-state index contributed by atoms with van der Waals surface area (Å²) in [5, 5.41) is 11.2. The number of hydrogen-bond acceptors (Lipinski definition) is 5. The second-order valence-electron chi connectivity index (χ2n) is 8.75. The molecule has 0 saturated heterocycles. The number of alkyl halides is 2. The van der Waals surface area contributed by atoms with E-state index in [2.05, 4.69) is 36.9 Å². The van der Waals surface area contributed by atoms with Crippen LogP contribution in [0.25, 0.3) is 0 Å². The summed E-state index contributed by atoms with van der Waals surface area (Å²) in [7, 11) is 0. The van der Waals surface area contributed by atoms with E-state index in [1.807, 2.05) is 0 Å². The molecule has 0 heterocycles. The van der Waals surface area contributed by atoms with E-state index in [9.17, 15) is 19.5 Å². The number of amides is 3. The predicted octanol–water partition coefficient (Wildman–Crippen LogP) is 5.84. The van der Waals surface area contributed by atoms with Gasteiger partial charge in [0.05, 0.1) is 0 Å². The number of carbonyl (C=O) groups excluding carboxylic acids is 2. The SMILES string of the molecule is CC(C)(C)OC(=O)/N=C(\N(CCCCBr)C(=O)O)N(CCCCBr)C(=O)OC(C)(C)C. The molecule has 31 heavy (non-hydrogen) atoms. The number of hydrogen-bond donors (Lipinski definition) is 1. The molecule has 3 amide bonds. The van der Waals surface area contributed by atoms with Gasteiger partial charge in [-0.25, -0.2) is 24.2 Å². The van der Waals surface area contributed by atoms with Crippen molar-refractivity contribution in [1.29, 1.82) is 0 Å². The van der Waals surface area contributed by atoms with Crippen LogP contribution in [0, 0.1) is 0 Å². The van der Waals surface area contributed by atoms with Gasteiger partial charge in [0.25, 0.3) is 0 Å². The second-order valence-corrected chi connectivity index (χ2v) is 10.3. The van der Waals surface area contributed by atoms with Gasteiger partial charge in [0.2, 0.25) is 5.96 Å². The molecule has 0 fully saturated rings. The van der Waals surface area contributed by atoms with Gasteiger partial charge in [0.1, 0.15) is 11.2 Å². The third-order valence-electron chi connectivity index (χ3n) is 3.44. The Bertz CT molecular complexity index is 629. The predicted molar refractivity (Wildman–Crippen MR) is 127 cm³/mol. The van der Waals surface area contributed by atoms with E-state index in [0.717, 1.165) is 16.2 Å². The molecule has 0 rings (SSSR count). The topological polar surface area (TPSA) is 109 Å². The Hall–Kier alpha value is -1.36. The summed E-state index contributed by atoms with van der Waals surface area (Å²) in [4.78, 5) is 43.3. The smallest absolute Gasteiger partial charge is 0.437 e. The fraction of sp³-hybridized carbons (Fsp3) is 0.800. The Kier molecular flexibility index (Phi) is 13.3. The minimum Gasteiger partial charge on any atom is -0.465 e. The van der Waals surface area contributed by atoms with Gasteiger partial charge < -0.3 is 14.6 Å². The molecule has 0 spiro atoms. The van der Waals surface area contributed by atoms with E-state index < -0.39 is 29.5 Å². The fourth-order valence-electron chi connectivity index (χ4n) is 2.23. The normalized spacial score (nSPS) is 12.3. The van der Waals surface area contributed by atoms with Gasteiger partial charge >= 0.3 is 18.3 Å². The van der Waals surface area contributed by atoms with Gasteiger partial charge in [-0.2, -0.15) is 0 Å². The lowest BCUT2D eigenvalue weighted by molar-refractivity contribution is 0.0347. The van der Waals surface area contributed by atoms with Gasteiger partial charge in [-0.3, -0.25) is 0 Å². The molecule has 0 aromatic rings. The number of rotatable bonds is 8. The van der Waals surface area contributed by atoms with Gasteiger partial charge in [-0.1, -0.05) is 31.9 Å². The van der Waals surface area contributed by atoms with Gasteiger partial charge in [-0.05, 0) is 67.2 Å². The van der Waals surface area contributed by atoms with Crippen molar-refractivity contribution in [3.05, 3.63) is 0 Å². The van der Waals surface area contributed by atoms with Crippen LogP contribution in [0.2, 0.25) is 0 Å². The van der Waals surface area contributed by atoms with Crippen LogP contribution in [-0.2, 0) is 9.47 Å². The average molecular weight is 573 g/mol. The number of carbonyl (C=O) groups is 3. The molecule has 0 aliphatic carbocycles. The average Bonchev–Trinajstić information content (AvgIpc) is 2.58. The molecular weight excluding hydrogens is 538 g/mol. The minimum absolute atomic E-state index is 0.0559. The molecule has 0 saturated carbocycles. The summed E-state index contributed by atoms with van der Waals surface area (Å²) in [6.45, 7) is 10.3. The van der Waals surface area contributed by atoms with E-state index in [-0.39, 0.29) is 19.0 Å². The Morgan fingerprint density at radius 2 is 1.26 bits per heavy atom. The quantitative estimate of drug-likeness (QED) is 0.169. The van der Waals surface area contributed by atoms with E-state index in [0.29, 0.717) is 29.9 Å². The van der Waals surface area contributed by atoms with E-state index in [1.165, 1.54) is 0 Å². The monoisotopic (exact) mass is 571 g/mol. The zero-order valence-corrected chi connectivity index (χ0v) is 22.4. The molecule has 0 aliphatic rings. The Morgan fingerprint density at radius 1 is 0.806 bits per heavy atom. The Morgan fingerprint density at radius 3 is 1.65 bits per heavy atom. The number of aliphatic imine (C=N–C) groups is 1. The molecule has 0 aromatic carbocycles. The number of halogens is 2. The van der Waals surface area contributed by atoms with E-state index >= 15 is 0 Å². The van der Waals surface area contributed by atoms with Crippen LogP contribution in [0.4, 0.5) is 14.4 Å². The largest absolute Gasteiger partial charge is 0.465 e. The van der Waals surface area contributed by atoms with Gasteiger partial charge in [0.15, 0.2) is 0 Å². The highest BCUT2D eigenvalue weighted by Gasteiger charge is 2.33. The molecule has 0 unspecified atom stereocenters. The van der Waals surface area contributed by atoms with Crippen molar-refractivity contribution in [2.45, 2.75) is 78.4 Å². The van der Waals surface area contributed by atoms with Crippen LogP contribution in [0.15, 0.2) is 4.99 Å². The molecule has 0 aromatic heterocycles. The highest BCUT2D eigenvalue weighted by atomic mass is 79.9. The number of nitrogens with zero attached hydrogens (tertiary/aromatic N) is 3. The van der Waals surface area contributed by atoms with Crippen molar-refractivity contribution < 1.29 is 29.0 Å². The first-order valence-electron chi connectivity index (χ1n) is 10.2. The van der Waals surface area contributed by atoms with Crippen LogP contribution in [0.5, 0.6) is 0 Å². The molecule has 0 atom stereocenters. The van der Waals surface area contributed by atoms with Crippen molar-refractivity contribution in [3.63, 3.8) is 0 Å². The first-order valence-corrected chi connectivity index (χ1v) is 12.4. The maximum Gasteiger partial charge on any atom is 0.437 e. The van der Waals surface area contributed by atoms with Crippen LogP contribution >= 0.6 is 31.9 Å². The molecule has 0 bridgehead atoms. The molecule has 0 radical (unpaired) electrons. The standard InChI is InChI=1S/C20H35Br2N3O6/c1-19(2,3)30-16(26)23-15(24(17(27)28)13-9-7-11-21)25(14-10-8-12-22)18(29)31-20(4,5)6/h7-14H2,1-6H3,(H,27,28)/b23-15+. The maximum atomic E-state index is 13.0. The number of unbranched alkanes of at least 4 members (excludes halogenated alkanes) is 2. The van der Waals surface area contributed by atoms with Crippen LogP contribution in [0.3, 0.4) is 0 Å². The first kappa shape index (κ1) is 29.6. The number of carboxylic acid groups (broad SMARTS) is 1. The van der Waals surface area contributed by atoms with Gasteiger partial charge in [0, 0.05) is 23.7 Å². The first-order chi connectivity index (χ1) is 14.2. The van der Waals surface area contributed by atoms with Crippen LogP contribution in [-0.4, -0.2) is 74.1 Å². The summed E-state index contributed by atoms with van der Waals surface area (Å²) >= 11 is 6.66. The zero-order chi connectivity index (χ0) is 24.2. The summed E-state index contributed by atoms with van der Waals surface area (Å²) in [6.07, 6.45) is -0.596. The number of guanidine groups is 1. The summed E-state index contributed by atoms with van der Waals surface area (Å²) < 4.78 is 10.7. The summed E-state index contributed by atoms with van der Waals surface area (Å²) in [6, 6.07) is 0. The lowest BCUT2D eigenvalue weighted by Gasteiger charge is -2.32. The second kappa shape index (κ2) is 13.9. The molecular formula is C20H35Br2N3O6. The van der Waals surface area contributed by atoms with Crippen LogP contribution in [0.1, 0.15) is 67.2 Å². The molecule has 180 valence electrons. The van der Waals surface area contributed by atoms with Crippen molar-refractivity contribution in [3.8, 4) is 0 Å². The molecule has 11 heteroatoms. The fourth-order valence-corrected chi connectivity index (χ4v) is 3.03. The summed E-state index contributed by atoms with van der Waals surface area (Å²) in [5.41, 5.74) is -1.64. The third-order valence-corrected chi connectivity index (χ3v) is 4.56. The lowest BCUT2D eigenvalue weighted by Crippen LogP contribution is -2.52. The minimum atomic E-state index is -1.33. The third kappa shape index (κ3) is 13.6. The highest BCUT2D eigenvalue weighted by Crippen LogP contribution is 2.16. The van der Waals surface area contributed by atoms with Gasteiger partial charge in [-0.15, -0.1) is 4.99 Å². The summed E-state index contributed by atoms with van der Waals surface area (Å²) in [5.74, 6) is -0.319. The molecule has 0 aliphatic heterocycles. The van der Waals surface area contributed by atoms with E-state index in [1.54, 1.807) is 41.5 Å². The Labute approximate surface area is 201 Å². The van der Waals surface area contributed by atoms with Crippen molar-refractivity contribution in [2.75, 3.05) is 23.7 Å².